The molecule has 6 nitrogen and oxygen atoms in total. The van der Waals surface area contributed by atoms with Crippen molar-refractivity contribution in [2.75, 3.05) is 4.90 Å². The van der Waals surface area contributed by atoms with Crippen LogP contribution < -0.4 is 4.90 Å². The van der Waals surface area contributed by atoms with E-state index in [1.165, 1.54) is 29.7 Å². The van der Waals surface area contributed by atoms with Crippen molar-refractivity contribution in [2.45, 2.75) is 6.04 Å². The lowest BCUT2D eigenvalue weighted by molar-refractivity contribution is -0.117. The Morgan fingerprint density at radius 2 is 2.00 bits per heavy atom. The number of fused-ring (bicyclic) bond motifs is 1. The molecule has 1 atom stereocenters. The molecule has 0 radical (unpaired) electrons. The molecular formula is C20H10F2N2O4S2. The largest absolute Gasteiger partial charge is 0.503 e. The lowest BCUT2D eigenvalue weighted by Gasteiger charge is -2.22. The first-order valence-electron chi connectivity index (χ1n) is 8.59. The number of thiophene rings is 1. The number of rotatable bonds is 4. The van der Waals surface area contributed by atoms with Gasteiger partial charge < -0.3 is 9.52 Å². The Hall–Kier alpha value is -3.37. The molecule has 1 unspecified atom stereocenters. The molecular weight excluding hydrogens is 434 g/mol. The van der Waals surface area contributed by atoms with Crippen LogP contribution in [-0.4, -0.2) is 21.8 Å². The van der Waals surface area contributed by atoms with Crippen molar-refractivity contribution < 1.29 is 27.9 Å². The zero-order valence-electron chi connectivity index (χ0n) is 14.8. The standard InChI is InChI=1S/C20H10F2N2O4S2/c21-9-7-11-14(8-10(9)22)30-20(23-11)24-16(13-4-2-6-29-13)15(18(26)19(24)27)17(25)12-3-1-5-28-12/h1-8,16,26H. The fourth-order valence-corrected chi connectivity index (χ4v) is 5.13. The van der Waals surface area contributed by atoms with Crippen LogP contribution in [0.5, 0.6) is 0 Å². The number of halogens is 2. The normalized spacial score (nSPS) is 16.8. The Bertz CT molecular complexity index is 1290. The SMILES string of the molecule is O=C(C1=C(O)C(=O)N(c2nc3cc(F)c(F)cc3s2)C1c1cccs1)c1ccco1. The molecule has 1 amide bonds. The van der Waals surface area contributed by atoms with Crippen molar-refractivity contribution in [1.29, 1.82) is 0 Å². The van der Waals surface area contributed by atoms with Crippen molar-refractivity contribution in [3.05, 3.63) is 81.6 Å². The number of amides is 1. The number of carbonyl (C=O) groups is 2. The Morgan fingerprint density at radius 3 is 2.70 bits per heavy atom. The molecule has 0 fully saturated rings. The average molecular weight is 444 g/mol. The van der Waals surface area contributed by atoms with E-state index in [1.54, 1.807) is 17.5 Å². The van der Waals surface area contributed by atoms with Gasteiger partial charge in [0.2, 0.25) is 5.78 Å². The van der Waals surface area contributed by atoms with Crippen LogP contribution >= 0.6 is 22.7 Å². The van der Waals surface area contributed by atoms with E-state index < -0.39 is 35.1 Å². The minimum absolute atomic E-state index is 0.0267. The number of Topliss-reactive ketones (excluding diaryl/α,β-unsaturated/α-hetero) is 1. The number of furan rings is 1. The summed E-state index contributed by atoms with van der Waals surface area (Å²) in [5.74, 6) is -4.30. The molecule has 1 aromatic carbocycles. The number of aromatic nitrogens is 1. The molecule has 4 heterocycles. The molecule has 0 spiro atoms. The number of hydrogen-bond acceptors (Lipinski definition) is 7. The highest BCUT2D eigenvalue weighted by atomic mass is 32.1. The third-order valence-corrected chi connectivity index (χ3v) is 6.58. The van der Waals surface area contributed by atoms with Gasteiger partial charge in [-0.25, -0.2) is 13.8 Å². The summed E-state index contributed by atoms with van der Waals surface area (Å²) in [5, 5.41) is 12.5. The molecule has 10 heteroatoms. The van der Waals surface area contributed by atoms with E-state index in [2.05, 4.69) is 4.98 Å². The van der Waals surface area contributed by atoms with Crippen molar-refractivity contribution >= 4 is 49.7 Å². The van der Waals surface area contributed by atoms with Gasteiger partial charge in [-0.05, 0) is 29.6 Å². The molecule has 3 aromatic heterocycles. The Balaban J connectivity index is 1.67. The number of nitrogens with zero attached hydrogens (tertiary/aromatic N) is 2. The van der Waals surface area contributed by atoms with Crippen LogP contribution in [0, 0.1) is 11.6 Å². The van der Waals surface area contributed by atoms with Gasteiger partial charge in [-0.2, -0.15) is 0 Å². The monoisotopic (exact) mass is 444 g/mol. The highest BCUT2D eigenvalue weighted by molar-refractivity contribution is 7.22. The van der Waals surface area contributed by atoms with Gasteiger partial charge in [0.25, 0.3) is 5.91 Å². The summed E-state index contributed by atoms with van der Waals surface area (Å²) in [5.41, 5.74) is 0.0194. The van der Waals surface area contributed by atoms with Gasteiger partial charge in [0, 0.05) is 10.9 Å². The van der Waals surface area contributed by atoms with E-state index >= 15 is 0 Å². The zero-order valence-corrected chi connectivity index (χ0v) is 16.5. The minimum atomic E-state index is -1.06. The Morgan fingerprint density at radius 1 is 1.20 bits per heavy atom. The van der Waals surface area contributed by atoms with E-state index in [0.717, 1.165) is 28.4 Å². The zero-order chi connectivity index (χ0) is 21.0. The van der Waals surface area contributed by atoms with Crippen molar-refractivity contribution in [3.63, 3.8) is 0 Å². The van der Waals surface area contributed by atoms with E-state index in [0.29, 0.717) is 9.58 Å². The van der Waals surface area contributed by atoms with E-state index in [4.69, 9.17) is 4.42 Å². The third kappa shape index (κ3) is 2.76. The smallest absolute Gasteiger partial charge is 0.296 e. The number of ketones is 1. The molecule has 30 heavy (non-hydrogen) atoms. The fourth-order valence-electron chi connectivity index (χ4n) is 3.31. The lowest BCUT2D eigenvalue weighted by Crippen LogP contribution is -2.30. The van der Waals surface area contributed by atoms with Crippen LogP contribution in [0.15, 0.2) is 63.8 Å². The minimum Gasteiger partial charge on any atom is -0.503 e. The summed E-state index contributed by atoms with van der Waals surface area (Å²) in [6, 6.07) is 7.40. The van der Waals surface area contributed by atoms with E-state index in [9.17, 15) is 23.5 Å². The number of anilines is 1. The quantitative estimate of drug-likeness (QED) is 0.447. The second-order valence-corrected chi connectivity index (χ2v) is 8.38. The Labute approximate surface area is 175 Å². The predicted octanol–water partition coefficient (Wildman–Crippen LogP) is 5.01. The van der Waals surface area contributed by atoms with Crippen LogP contribution in [0.3, 0.4) is 0 Å². The first-order chi connectivity index (χ1) is 14.5. The molecule has 0 saturated heterocycles. The summed E-state index contributed by atoms with van der Waals surface area (Å²) >= 11 is 2.24. The second kappa shape index (κ2) is 6.85. The van der Waals surface area contributed by atoms with Crippen LogP contribution in [0.2, 0.25) is 0 Å². The van der Waals surface area contributed by atoms with Crippen molar-refractivity contribution in [3.8, 4) is 0 Å². The molecule has 1 aliphatic rings. The van der Waals surface area contributed by atoms with Gasteiger partial charge in [-0.1, -0.05) is 17.4 Å². The first kappa shape index (κ1) is 18.6. The molecule has 0 saturated carbocycles. The predicted molar refractivity (Wildman–Crippen MR) is 107 cm³/mol. The molecule has 0 bridgehead atoms. The third-order valence-electron chi connectivity index (χ3n) is 4.64. The lowest BCUT2D eigenvalue weighted by atomic mass is 10.0. The van der Waals surface area contributed by atoms with Crippen LogP contribution in [0.25, 0.3) is 10.2 Å². The number of hydrogen-bond donors (Lipinski definition) is 1. The van der Waals surface area contributed by atoms with Gasteiger partial charge in [-0.3, -0.25) is 14.5 Å². The molecule has 5 rings (SSSR count). The summed E-state index contributed by atoms with van der Waals surface area (Å²) in [7, 11) is 0. The first-order valence-corrected chi connectivity index (χ1v) is 10.3. The van der Waals surface area contributed by atoms with Gasteiger partial charge in [0.15, 0.2) is 28.3 Å². The maximum Gasteiger partial charge on any atom is 0.296 e. The molecule has 150 valence electrons. The maximum absolute atomic E-state index is 13.6. The van der Waals surface area contributed by atoms with Crippen molar-refractivity contribution in [1.82, 2.24) is 4.98 Å². The highest BCUT2D eigenvalue weighted by Crippen LogP contribution is 2.45. The fraction of sp³-hybridized carbons (Fsp3) is 0.0500. The number of carbonyl (C=O) groups excluding carboxylic acids is 2. The molecule has 1 aliphatic heterocycles. The summed E-state index contributed by atoms with van der Waals surface area (Å²) in [4.78, 5) is 32.0. The molecule has 4 aromatic rings. The number of thiazole rings is 1. The van der Waals surface area contributed by atoms with Crippen LogP contribution in [-0.2, 0) is 4.79 Å². The summed E-state index contributed by atoms with van der Waals surface area (Å²) < 4.78 is 32.7. The Kier molecular flexibility index (Phi) is 4.26. The van der Waals surface area contributed by atoms with Gasteiger partial charge in [0.05, 0.1) is 22.1 Å². The van der Waals surface area contributed by atoms with Crippen molar-refractivity contribution in [2.24, 2.45) is 0 Å². The van der Waals surface area contributed by atoms with Crippen LogP contribution in [0.4, 0.5) is 13.9 Å². The van der Waals surface area contributed by atoms with Gasteiger partial charge in [-0.15, -0.1) is 11.3 Å². The van der Waals surface area contributed by atoms with Crippen LogP contribution in [0.1, 0.15) is 21.5 Å². The number of aliphatic hydroxyl groups excluding tert-OH is 1. The highest BCUT2D eigenvalue weighted by Gasteiger charge is 2.47. The van der Waals surface area contributed by atoms with E-state index in [1.807, 2.05) is 0 Å². The summed E-state index contributed by atoms with van der Waals surface area (Å²) in [6.45, 7) is 0. The van der Waals surface area contributed by atoms with Gasteiger partial charge in [0.1, 0.15) is 6.04 Å². The molecule has 0 aliphatic carbocycles. The van der Waals surface area contributed by atoms with E-state index in [-0.39, 0.29) is 22.0 Å². The average Bonchev–Trinajstić information content (AvgIpc) is 3.50. The second-order valence-electron chi connectivity index (χ2n) is 6.39. The molecule has 1 N–H and O–H groups in total. The summed E-state index contributed by atoms with van der Waals surface area (Å²) in [6.07, 6.45) is 1.32. The topological polar surface area (TPSA) is 83.6 Å². The maximum atomic E-state index is 13.6. The van der Waals surface area contributed by atoms with Gasteiger partial charge >= 0.3 is 0 Å². The number of aliphatic hydroxyl groups is 1. The number of benzene rings is 1.